The van der Waals surface area contributed by atoms with Crippen LogP contribution in [0.4, 0.5) is 10.5 Å². The molecule has 1 saturated heterocycles. The zero-order valence-corrected chi connectivity index (χ0v) is 20.0. The van der Waals surface area contributed by atoms with E-state index in [9.17, 15) is 24.5 Å². The van der Waals surface area contributed by atoms with E-state index in [-0.39, 0.29) is 16.7 Å². The summed E-state index contributed by atoms with van der Waals surface area (Å²) in [6.07, 6.45) is 1.69. The highest BCUT2D eigenvalue weighted by Gasteiger charge is 2.37. The van der Waals surface area contributed by atoms with Gasteiger partial charge in [0.05, 0.1) is 20.8 Å². The quantitative estimate of drug-likeness (QED) is 0.192. The number of benzene rings is 2. The predicted molar refractivity (Wildman–Crippen MR) is 127 cm³/mol. The molecule has 0 unspecified atom stereocenters. The van der Waals surface area contributed by atoms with Gasteiger partial charge in [-0.25, -0.2) is 0 Å². The fraction of sp³-hybridized carbons (Fsp3) is 0.227. The topological polar surface area (TPSA) is 107 Å². The van der Waals surface area contributed by atoms with Gasteiger partial charge in [-0.3, -0.25) is 29.4 Å². The van der Waals surface area contributed by atoms with Crippen LogP contribution in [0.25, 0.3) is 6.08 Å². The highest BCUT2D eigenvalue weighted by Crippen LogP contribution is 2.37. The van der Waals surface area contributed by atoms with Crippen molar-refractivity contribution in [1.82, 2.24) is 4.90 Å². The van der Waals surface area contributed by atoms with E-state index >= 15 is 0 Å². The molecule has 172 valence electrons. The van der Waals surface area contributed by atoms with Crippen LogP contribution in [-0.4, -0.2) is 39.6 Å². The van der Waals surface area contributed by atoms with Crippen molar-refractivity contribution in [3.8, 4) is 0 Å². The summed E-state index contributed by atoms with van der Waals surface area (Å²) in [5.74, 6) is -1.32. The maximum absolute atomic E-state index is 12.6. The summed E-state index contributed by atoms with van der Waals surface area (Å²) in [7, 11) is 0. The van der Waals surface area contributed by atoms with Crippen LogP contribution in [0, 0.1) is 10.1 Å². The van der Waals surface area contributed by atoms with E-state index in [0.717, 1.165) is 9.80 Å². The summed E-state index contributed by atoms with van der Waals surface area (Å²) in [5.41, 5.74) is 0.245. The molecule has 1 heterocycles. The number of rotatable bonds is 8. The number of ether oxygens (including phenoxy) is 1. The number of nitrogens with zero attached hydrogens (tertiary/aromatic N) is 2. The van der Waals surface area contributed by atoms with Gasteiger partial charge in [0.25, 0.3) is 16.8 Å². The zero-order chi connectivity index (χ0) is 24.1. The predicted octanol–water partition coefficient (Wildman–Crippen LogP) is 5.78. The molecule has 1 atom stereocenters. The summed E-state index contributed by atoms with van der Waals surface area (Å²) in [6.45, 7) is 3.08. The second-order valence-corrected chi connectivity index (χ2v) is 9.56. The molecule has 2 aromatic carbocycles. The van der Waals surface area contributed by atoms with Crippen LogP contribution >= 0.6 is 35.1 Å². The minimum Gasteiger partial charge on any atom is -0.461 e. The summed E-state index contributed by atoms with van der Waals surface area (Å²) in [5, 5.41) is 11.6. The average Bonchev–Trinajstić information content (AvgIpc) is 3.03. The van der Waals surface area contributed by atoms with Crippen molar-refractivity contribution < 1.29 is 24.0 Å². The zero-order valence-electron chi connectivity index (χ0n) is 17.6. The van der Waals surface area contributed by atoms with Crippen molar-refractivity contribution >= 4 is 64.0 Å². The third-order valence-corrected chi connectivity index (χ3v) is 6.82. The summed E-state index contributed by atoms with van der Waals surface area (Å²) in [4.78, 5) is 50.0. The Morgan fingerprint density at radius 1 is 1.27 bits per heavy atom. The molecule has 1 aliphatic heterocycles. The molecule has 2 amide bonds. The first kappa shape index (κ1) is 24.8. The van der Waals surface area contributed by atoms with Gasteiger partial charge in [0.1, 0.15) is 6.54 Å². The first-order chi connectivity index (χ1) is 15.7. The Labute approximate surface area is 203 Å². The molecule has 0 bridgehead atoms. The molecule has 8 nitrogen and oxygen atoms in total. The fourth-order valence-corrected chi connectivity index (χ4v) is 4.61. The molecule has 0 aliphatic carbocycles. The third-order valence-electron chi connectivity index (χ3n) is 4.59. The van der Waals surface area contributed by atoms with Crippen LogP contribution in [0.15, 0.2) is 57.2 Å². The van der Waals surface area contributed by atoms with E-state index in [1.54, 1.807) is 43.3 Å². The number of amides is 2. The van der Waals surface area contributed by atoms with Gasteiger partial charge in [-0.15, -0.1) is 0 Å². The Morgan fingerprint density at radius 3 is 2.61 bits per heavy atom. The molecule has 0 spiro atoms. The van der Waals surface area contributed by atoms with Gasteiger partial charge in [0.2, 0.25) is 0 Å². The van der Waals surface area contributed by atoms with Crippen LogP contribution in [0.5, 0.6) is 0 Å². The lowest BCUT2D eigenvalue weighted by Gasteiger charge is -2.14. The van der Waals surface area contributed by atoms with Crippen LogP contribution in [0.1, 0.15) is 25.8 Å². The number of carbonyl (C=O) groups excluding carboxylic acids is 3. The first-order valence-corrected chi connectivity index (χ1v) is 11.9. The van der Waals surface area contributed by atoms with Gasteiger partial charge in [-0.1, -0.05) is 36.4 Å². The molecule has 0 saturated carbocycles. The molecule has 11 heteroatoms. The van der Waals surface area contributed by atoms with E-state index in [1.165, 1.54) is 23.9 Å². The maximum atomic E-state index is 12.6. The number of nitro groups is 1. The highest BCUT2D eigenvalue weighted by atomic mass is 35.5. The number of esters is 1. The fourth-order valence-electron chi connectivity index (χ4n) is 2.74. The molecular weight excluding hydrogens is 488 g/mol. The largest absolute Gasteiger partial charge is 0.461 e. The smallest absolute Gasteiger partial charge is 0.326 e. The lowest BCUT2D eigenvalue weighted by Crippen LogP contribution is -2.35. The average molecular weight is 507 g/mol. The van der Waals surface area contributed by atoms with Gasteiger partial charge >= 0.3 is 5.97 Å². The summed E-state index contributed by atoms with van der Waals surface area (Å²) < 4.78 is 5.12. The Balaban J connectivity index is 1.79. The number of hydrogen-bond donors (Lipinski definition) is 0. The standard InChI is InChI=1S/C22H19ClN2O6S2/c1-3-13(2)31-20(26)12-24-21(27)19(33-22(24)28)11-14-4-9-18(17(10-14)25(29)30)32-16-7-5-15(23)6-8-16/h4-11,13H,3,12H2,1-2H3/b19-11-/t13-/m1/s1. The van der Waals surface area contributed by atoms with Crippen molar-refractivity contribution in [2.75, 3.05) is 6.54 Å². The minimum absolute atomic E-state index is 0.0729. The third kappa shape index (κ3) is 6.37. The molecule has 33 heavy (non-hydrogen) atoms. The summed E-state index contributed by atoms with van der Waals surface area (Å²) in [6, 6.07) is 11.4. The van der Waals surface area contributed by atoms with E-state index in [2.05, 4.69) is 0 Å². The lowest BCUT2D eigenvalue weighted by atomic mass is 10.2. The molecule has 2 aromatic rings. The number of halogens is 1. The normalized spacial score (nSPS) is 15.7. The van der Waals surface area contributed by atoms with Gasteiger partial charge in [-0.2, -0.15) is 0 Å². The Morgan fingerprint density at radius 2 is 1.97 bits per heavy atom. The molecule has 3 rings (SSSR count). The minimum atomic E-state index is -0.674. The summed E-state index contributed by atoms with van der Waals surface area (Å²) >= 11 is 7.76. The Bertz CT molecular complexity index is 1140. The van der Waals surface area contributed by atoms with Crippen molar-refractivity contribution in [2.45, 2.75) is 36.2 Å². The lowest BCUT2D eigenvalue weighted by molar-refractivity contribution is -0.387. The van der Waals surface area contributed by atoms with E-state index < -0.39 is 28.6 Å². The second kappa shape index (κ2) is 10.9. The van der Waals surface area contributed by atoms with E-state index in [1.807, 2.05) is 6.92 Å². The molecule has 1 aliphatic rings. The molecule has 0 aromatic heterocycles. The Kier molecular flexibility index (Phi) is 8.17. The van der Waals surface area contributed by atoms with Crippen LogP contribution < -0.4 is 0 Å². The molecule has 0 N–H and O–H groups in total. The van der Waals surface area contributed by atoms with Gasteiger partial charge in [0, 0.05) is 16.0 Å². The van der Waals surface area contributed by atoms with Gasteiger partial charge < -0.3 is 4.74 Å². The van der Waals surface area contributed by atoms with Crippen LogP contribution in [-0.2, 0) is 14.3 Å². The van der Waals surface area contributed by atoms with Crippen molar-refractivity contribution in [1.29, 1.82) is 0 Å². The number of nitro benzene ring substituents is 1. The number of imide groups is 1. The maximum Gasteiger partial charge on any atom is 0.326 e. The monoisotopic (exact) mass is 506 g/mol. The molecular formula is C22H19ClN2O6S2. The van der Waals surface area contributed by atoms with E-state index in [0.29, 0.717) is 33.7 Å². The number of hydrogen-bond acceptors (Lipinski definition) is 8. The molecule has 1 fully saturated rings. The van der Waals surface area contributed by atoms with Crippen molar-refractivity contribution in [2.24, 2.45) is 0 Å². The van der Waals surface area contributed by atoms with Crippen LogP contribution in [0.3, 0.4) is 0 Å². The highest BCUT2D eigenvalue weighted by molar-refractivity contribution is 8.18. The number of carbonyl (C=O) groups is 3. The Hall–Kier alpha value is -2.82. The van der Waals surface area contributed by atoms with Gasteiger partial charge in [-0.05, 0) is 67.1 Å². The van der Waals surface area contributed by atoms with Crippen molar-refractivity contribution in [3.63, 3.8) is 0 Å². The van der Waals surface area contributed by atoms with Crippen molar-refractivity contribution in [3.05, 3.63) is 68.1 Å². The SMILES string of the molecule is CC[C@@H](C)OC(=O)CN1C(=O)S/C(=C\c2ccc(Sc3ccc(Cl)cc3)c([N+](=O)[O-])c2)C1=O. The number of thioether (sulfide) groups is 1. The second-order valence-electron chi connectivity index (χ2n) is 7.02. The van der Waals surface area contributed by atoms with Gasteiger partial charge in [0.15, 0.2) is 0 Å². The molecule has 0 radical (unpaired) electrons. The first-order valence-electron chi connectivity index (χ1n) is 9.84. The van der Waals surface area contributed by atoms with E-state index in [4.69, 9.17) is 16.3 Å². The van der Waals surface area contributed by atoms with Crippen LogP contribution in [0.2, 0.25) is 5.02 Å².